The van der Waals surface area contributed by atoms with Gasteiger partial charge in [-0.3, -0.25) is 10.2 Å². The monoisotopic (exact) mass is 287 g/mol. The van der Waals surface area contributed by atoms with Crippen molar-refractivity contribution >= 4 is 0 Å². The Kier molecular flexibility index (Phi) is 5.75. The molecule has 1 heterocycles. The van der Waals surface area contributed by atoms with E-state index in [2.05, 4.69) is 23.2 Å². The zero-order valence-corrected chi connectivity index (χ0v) is 13.0. The number of likely N-dealkylation sites (N-methyl/N-ethyl adjacent to an activating group) is 1. The Morgan fingerprint density at radius 1 is 1.38 bits per heavy atom. The molecule has 1 aromatic rings. The summed E-state index contributed by atoms with van der Waals surface area (Å²) < 4.78 is 5.57. The fourth-order valence-electron chi connectivity index (χ4n) is 2.99. The van der Waals surface area contributed by atoms with Crippen LogP contribution in [0.25, 0.3) is 0 Å². The van der Waals surface area contributed by atoms with E-state index in [-0.39, 0.29) is 0 Å². The van der Waals surface area contributed by atoms with E-state index >= 15 is 0 Å². The largest absolute Gasteiger partial charge is 0.378 e. The Labute approximate surface area is 127 Å². The van der Waals surface area contributed by atoms with Crippen molar-refractivity contribution in [3.8, 4) is 6.07 Å². The molecule has 1 N–H and O–H groups in total. The van der Waals surface area contributed by atoms with E-state index in [1.807, 2.05) is 37.3 Å². The molecule has 0 spiro atoms. The van der Waals surface area contributed by atoms with Crippen LogP contribution in [0.1, 0.15) is 25.8 Å². The third-order valence-corrected chi connectivity index (χ3v) is 4.20. The maximum atomic E-state index is 9.88. The Morgan fingerprint density at radius 2 is 2.14 bits per heavy atom. The molecule has 21 heavy (non-hydrogen) atoms. The van der Waals surface area contributed by atoms with Crippen LogP contribution >= 0.6 is 0 Å². The minimum Gasteiger partial charge on any atom is -0.378 e. The van der Waals surface area contributed by atoms with Gasteiger partial charge >= 0.3 is 0 Å². The number of hydrogen-bond acceptors (Lipinski definition) is 4. The van der Waals surface area contributed by atoms with Gasteiger partial charge in [0.15, 0.2) is 0 Å². The molecule has 2 atom stereocenters. The van der Waals surface area contributed by atoms with Gasteiger partial charge in [-0.15, -0.1) is 0 Å². The first-order chi connectivity index (χ1) is 10.3. The number of nitrogens with one attached hydrogen (secondary N) is 1. The van der Waals surface area contributed by atoms with Crippen LogP contribution in [-0.2, 0) is 10.3 Å². The molecule has 0 radical (unpaired) electrons. The summed E-state index contributed by atoms with van der Waals surface area (Å²) in [5.74, 6) is 0. The first-order valence-corrected chi connectivity index (χ1v) is 7.79. The van der Waals surface area contributed by atoms with Gasteiger partial charge in [0.2, 0.25) is 0 Å². The summed E-state index contributed by atoms with van der Waals surface area (Å²) in [7, 11) is 0. The fraction of sp³-hybridized carbons (Fsp3) is 0.588. The normalized spacial score (nSPS) is 22.4. The summed E-state index contributed by atoms with van der Waals surface area (Å²) >= 11 is 0. The minimum atomic E-state index is -0.652. The lowest BCUT2D eigenvalue weighted by Crippen LogP contribution is -2.55. The van der Waals surface area contributed by atoms with Gasteiger partial charge < -0.3 is 4.74 Å². The molecule has 0 amide bonds. The van der Waals surface area contributed by atoms with Crippen LogP contribution in [0, 0.1) is 11.3 Å². The van der Waals surface area contributed by atoms with Crippen molar-refractivity contribution in [2.45, 2.75) is 31.8 Å². The van der Waals surface area contributed by atoms with Crippen LogP contribution in [0.4, 0.5) is 0 Å². The predicted molar refractivity (Wildman–Crippen MR) is 83.9 cm³/mol. The van der Waals surface area contributed by atoms with E-state index < -0.39 is 5.54 Å². The van der Waals surface area contributed by atoms with Crippen molar-refractivity contribution in [2.75, 3.05) is 32.8 Å². The van der Waals surface area contributed by atoms with Crippen molar-refractivity contribution in [2.24, 2.45) is 0 Å². The van der Waals surface area contributed by atoms with Crippen molar-refractivity contribution in [3.63, 3.8) is 0 Å². The highest BCUT2D eigenvalue weighted by Gasteiger charge is 2.36. The molecular formula is C17H25N3O. The molecule has 1 aromatic carbocycles. The molecule has 1 saturated heterocycles. The number of ether oxygens (including phenoxy) is 1. The van der Waals surface area contributed by atoms with Crippen LogP contribution in [0.15, 0.2) is 30.3 Å². The number of nitrogens with zero attached hydrogens (tertiary/aromatic N) is 2. The lowest BCUT2D eigenvalue weighted by atomic mass is 9.89. The Balaban J connectivity index is 2.26. The molecule has 114 valence electrons. The maximum absolute atomic E-state index is 9.88. The van der Waals surface area contributed by atoms with Gasteiger partial charge in [-0.25, -0.2) is 0 Å². The van der Waals surface area contributed by atoms with E-state index in [0.717, 1.165) is 38.3 Å². The summed E-state index contributed by atoms with van der Waals surface area (Å²) in [6, 6.07) is 13.0. The van der Waals surface area contributed by atoms with Crippen LogP contribution in [0.3, 0.4) is 0 Å². The number of morpholine rings is 1. The standard InChI is InChI=1S/C17H25N3O/c1-3-16-12-21-11-10-20(16)14-17(13-18,19-4-2)15-8-6-5-7-9-15/h5-9,16,19H,3-4,10-12,14H2,1-2H3. The summed E-state index contributed by atoms with van der Waals surface area (Å²) in [4.78, 5) is 2.39. The van der Waals surface area contributed by atoms with Gasteiger partial charge in [0.1, 0.15) is 5.54 Å². The topological polar surface area (TPSA) is 48.3 Å². The minimum absolute atomic E-state index is 0.397. The van der Waals surface area contributed by atoms with E-state index in [4.69, 9.17) is 4.74 Å². The molecule has 1 aliphatic heterocycles. The molecule has 0 aliphatic carbocycles. The molecule has 0 saturated carbocycles. The molecule has 4 heteroatoms. The second kappa shape index (κ2) is 7.56. The summed E-state index contributed by atoms with van der Waals surface area (Å²) in [6.45, 7) is 8.09. The molecule has 1 fully saturated rings. The first kappa shape index (κ1) is 16.0. The van der Waals surface area contributed by atoms with Gasteiger partial charge in [0.25, 0.3) is 0 Å². The van der Waals surface area contributed by atoms with E-state index in [9.17, 15) is 5.26 Å². The van der Waals surface area contributed by atoms with Gasteiger partial charge in [-0.1, -0.05) is 44.2 Å². The zero-order valence-electron chi connectivity index (χ0n) is 13.0. The molecular weight excluding hydrogens is 262 g/mol. The molecule has 0 bridgehead atoms. The number of hydrogen-bond donors (Lipinski definition) is 1. The van der Waals surface area contributed by atoms with Gasteiger partial charge in [0.05, 0.1) is 19.3 Å². The molecule has 2 unspecified atom stereocenters. The summed E-state index contributed by atoms with van der Waals surface area (Å²) in [5.41, 5.74) is 0.386. The molecule has 4 nitrogen and oxygen atoms in total. The smallest absolute Gasteiger partial charge is 0.145 e. The van der Waals surface area contributed by atoms with Crippen LogP contribution < -0.4 is 5.32 Å². The number of benzene rings is 1. The third-order valence-electron chi connectivity index (χ3n) is 4.20. The van der Waals surface area contributed by atoms with Gasteiger partial charge in [-0.05, 0) is 18.5 Å². The van der Waals surface area contributed by atoms with Gasteiger partial charge in [-0.2, -0.15) is 5.26 Å². The SMILES string of the molecule is CCNC(C#N)(CN1CCOCC1CC)c1ccccc1. The van der Waals surface area contributed by atoms with Gasteiger partial charge in [0, 0.05) is 19.1 Å². The van der Waals surface area contributed by atoms with Crippen LogP contribution in [0.5, 0.6) is 0 Å². The van der Waals surface area contributed by atoms with Crippen LogP contribution in [-0.4, -0.2) is 43.8 Å². The summed E-state index contributed by atoms with van der Waals surface area (Å²) in [5, 5.41) is 13.3. The Bertz CT molecular complexity index is 471. The van der Waals surface area contributed by atoms with Crippen molar-refractivity contribution < 1.29 is 4.74 Å². The van der Waals surface area contributed by atoms with Crippen molar-refractivity contribution in [3.05, 3.63) is 35.9 Å². The number of nitriles is 1. The van der Waals surface area contributed by atoms with Crippen molar-refractivity contribution in [1.29, 1.82) is 5.26 Å². The third kappa shape index (κ3) is 3.62. The average molecular weight is 287 g/mol. The maximum Gasteiger partial charge on any atom is 0.145 e. The number of rotatable bonds is 6. The predicted octanol–water partition coefficient (Wildman–Crippen LogP) is 2.13. The second-order valence-electron chi connectivity index (χ2n) is 5.52. The average Bonchev–Trinajstić information content (AvgIpc) is 2.55. The van der Waals surface area contributed by atoms with E-state index in [1.54, 1.807) is 0 Å². The van der Waals surface area contributed by atoms with Crippen molar-refractivity contribution in [1.82, 2.24) is 10.2 Å². The first-order valence-electron chi connectivity index (χ1n) is 7.79. The highest BCUT2D eigenvalue weighted by molar-refractivity contribution is 5.32. The second-order valence-corrected chi connectivity index (χ2v) is 5.52. The van der Waals surface area contributed by atoms with E-state index in [0.29, 0.717) is 12.6 Å². The Hall–Kier alpha value is -1.41. The lowest BCUT2D eigenvalue weighted by Gasteiger charge is -2.40. The molecule has 0 aromatic heterocycles. The quantitative estimate of drug-likeness (QED) is 0.871. The Morgan fingerprint density at radius 3 is 2.76 bits per heavy atom. The zero-order chi connectivity index (χ0) is 15.1. The lowest BCUT2D eigenvalue weighted by molar-refractivity contribution is -0.0173. The molecule has 2 rings (SSSR count). The molecule has 1 aliphatic rings. The van der Waals surface area contributed by atoms with Crippen LogP contribution in [0.2, 0.25) is 0 Å². The highest BCUT2D eigenvalue weighted by Crippen LogP contribution is 2.24. The van der Waals surface area contributed by atoms with E-state index in [1.165, 1.54) is 0 Å². The highest BCUT2D eigenvalue weighted by atomic mass is 16.5. The summed E-state index contributed by atoms with van der Waals surface area (Å²) in [6.07, 6.45) is 1.04. The fourth-order valence-corrected chi connectivity index (χ4v) is 2.99.